The summed E-state index contributed by atoms with van der Waals surface area (Å²) in [5.74, 6) is 0.557. The molecule has 1 aliphatic heterocycles. The average Bonchev–Trinajstić information content (AvgIpc) is 2.63. The van der Waals surface area contributed by atoms with Crippen molar-refractivity contribution >= 4 is 11.6 Å². The molecule has 1 saturated heterocycles. The molecule has 1 aromatic heterocycles. The van der Waals surface area contributed by atoms with E-state index in [4.69, 9.17) is 11.6 Å². The van der Waals surface area contributed by atoms with Gasteiger partial charge < -0.3 is 5.32 Å². The molecule has 0 saturated carbocycles. The number of nitrogens with one attached hydrogen (secondary N) is 1. The van der Waals surface area contributed by atoms with Crippen molar-refractivity contribution in [3.8, 4) is 0 Å². The number of aryl methyl sites for hydroxylation is 2. The lowest BCUT2D eigenvalue weighted by Crippen LogP contribution is -2.08. The van der Waals surface area contributed by atoms with E-state index in [0.29, 0.717) is 5.92 Å². The van der Waals surface area contributed by atoms with Crippen molar-refractivity contribution in [2.24, 2.45) is 7.05 Å². The van der Waals surface area contributed by atoms with Gasteiger partial charge in [-0.15, -0.1) is 0 Å². The Labute approximate surface area is 83.1 Å². The number of hydrogen-bond donors (Lipinski definition) is 1. The molecule has 1 fully saturated rings. The van der Waals surface area contributed by atoms with Gasteiger partial charge in [0.2, 0.25) is 0 Å². The fraction of sp³-hybridized carbons (Fsp3) is 0.667. The van der Waals surface area contributed by atoms with E-state index < -0.39 is 0 Å². The zero-order valence-electron chi connectivity index (χ0n) is 7.97. The van der Waals surface area contributed by atoms with E-state index in [1.807, 2.05) is 14.0 Å². The predicted molar refractivity (Wildman–Crippen MR) is 53.2 cm³/mol. The van der Waals surface area contributed by atoms with Crippen LogP contribution in [-0.2, 0) is 7.05 Å². The summed E-state index contributed by atoms with van der Waals surface area (Å²) in [6.07, 6.45) is 1.17. The Morgan fingerprint density at radius 1 is 1.62 bits per heavy atom. The van der Waals surface area contributed by atoms with Crippen molar-refractivity contribution in [3.63, 3.8) is 0 Å². The lowest BCUT2D eigenvalue weighted by Gasteiger charge is -2.07. The van der Waals surface area contributed by atoms with Crippen LogP contribution < -0.4 is 5.32 Å². The van der Waals surface area contributed by atoms with Gasteiger partial charge in [0.1, 0.15) is 5.15 Å². The average molecular weight is 200 g/mol. The van der Waals surface area contributed by atoms with Crippen molar-refractivity contribution in [3.05, 3.63) is 16.4 Å². The molecule has 0 aromatic carbocycles. The number of halogens is 1. The Morgan fingerprint density at radius 2 is 2.38 bits per heavy atom. The quantitative estimate of drug-likeness (QED) is 0.742. The first-order valence-electron chi connectivity index (χ1n) is 4.60. The Hall–Kier alpha value is -0.540. The third kappa shape index (κ3) is 1.46. The van der Waals surface area contributed by atoms with Crippen molar-refractivity contribution in [1.82, 2.24) is 15.1 Å². The zero-order chi connectivity index (χ0) is 9.42. The molecule has 0 aliphatic carbocycles. The summed E-state index contributed by atoms with van der Waals surface area (Å²) < 4.78 is 1.75. The second kappa shape index (κ2) is 3.31. The molecule has 1 aromatic rings. The lowest BCUT2D eigenvalue weighted by atomic mass is 9.99. The van der Waals surface area contributed by atoms with Crippen molar-refractivity contribution in [2.45, 2.75) is 19.3 Å². The van der Waals surface area contributed by atoms with Gasteiger partial charge in [-0.25, -0.2) is 0 Å². The Kier molecular flexibility index (Phi) is 2.30. The first-order chi connectivity index (χ1) is 6.20. The maximum atomic E-state index is 6.17. The van der Waals surface area contributed by atoms with Gasteiger partial charge >= 0.3 is 0 Å². The number of nitrogens with zero attached hydrogens (tertiary/aromatic N) is 2. The monoisotopic (exact) mass is 199 g/mol. The molecular weight excluding hydrogens is 186 g/mol. The van der Waals surface area contributed by atoms with E-state index in [1.165, 1.54) is 12.0 Å². The van der Waals surface area contributed by atoms with Crippen LogP contribution in [-0.4, -0.2) is 22.9 Å². The fourth-order valence-corrected chi connectivity index (χ4v) is 2.34. The van der Waals surface area contributed by atoms with Gasteiger partial charge in [-0.3, -0.25) is 4.68 Å². The van der Waals surface area contributed by atoms with Crippen molar-refractivity contribution in [1.29, 1.82) is 0 Å². The summed E-state index contributed by atoms with van der Waals surface area (Å²) in [5.41, 5.74) is 2.30. The molecule has 0 amide bonds. The molecule has 0 radical (unpaired) electrons. The minimum atomic E-state index is 0.557. The summed E-state index contributed by atoms with van der Waals surface area (Å²) in [4.78, 5) is 0. The lowest BCUT2D eigenvalue weighted by molar-refractivity contribution is 0.750. The van der Waals surface area contributed by atoms with Crippen LogP contribution in [0.3, 0.4) is 0 Å². The molecule has 1 atom stereocenters. The molecule has 1 N–H and O–H groups in total. The van der Waals surface area contributed by atoms with Crippen LogP contribution in [0.5, 0.6) is 0 Å². The largest absolute Gasteiger partial charge is 0.316 e. The molecule has 13 heavy (non-hydrogen) atoms. The standard InChI is InChI=1S/C9H14ClN3/c1-6-8(7-3-4-11-5-7)9(10)13(2)12-6/h7,11H,3-5H2,1-2H3. The summed E-state index contributed by atoms with van der Waals surface area (Å²) in [5, 5.41) is 8.45. The first-order valence-corrected chi connectivity index (χ1v) is 4.97. The van der Waals surface area contributed by atoms with Gasteiger partial charge in [-0.05, 0) is 19.9 Å². The summed E-state index contributed by atoms with van der Waals surface area (Å²) in [6, 6.07) is 0. The number of hydrogen-bond acceptors (Lipinski definition) is 2. The SMILES string of the molecule is Cc1nn(C)c(Cl)c1C1CCNC1. The van der Waals surface area contributed by atoms with E-state index in [-0.39, 0.29) is 0 Å². The summed E-state index contributed by atoms with van der Waals surface area (Å²) in [6.45, 7) is 4.15. The van der Waals surface area contributed by atoms with Crippen LogP contribution in [0.15, 0.2) is 0 Å². The third-order valence-electron chi connectivity index (χ3n) is 2.66. The second-order valence-electron chi connectivity index (χ2n) is 3.60. The highest BCUT2D eigenvalue weighted by Crippen LogP contribution is 2.30. The summed E-state index contributed by atoms with van der Waals surface area (Å²) >= 11 is 6.17. The van der Waals surface area contributed by atoms with Gasteiger partial charge in [0.25, 0.3) is 0 Å². The summed E-state index contributed by atoms with van der Waals surface area (Å²) in [7, 11) is 1.89. The molecule has 4 heteroatoms. The minimum absolute atomic E-state index is 0.557. The topological polar surface area (TPSA) is 29.9 Å². The first kappa shape index (κ1) is 9.03. The van der Waals surface area contributed by atoms with E-state index in [1.54, 1.807) is 4.68 Å². The van der Waals surface area contributed by atoms with Crippen LogP contribution in [0.25, 0.3) is 0 Å². The van der Waals surface area contributed by atoms with Gasteiger partial charge in [-0.1, -0.05) is 11.6 Å². The van der Waals surface area contributed by atoms with Crippen LogP contribution in [0.2, 0.25) is 5.15 Å². The van der Waals surface area contributed by atoms with Crippen LogP contribution in [0, 0.1) is 6.92 Å². The number of aromatic nitrogens is 2. The molecule has 0 spiro atoms. The smallest absolute Gasteiger partial charge is 0.130 e. The predicted octanol–water partition coefficient (Wildman–Crippen LogP) is 1.46. The fourth-order valence-electron chi connectivity index (χ4n) is 2.01. The zero-order valence-corrected chi connectivity index (χ0v) is 8.73. The highest BCUT2D eigenvalue weighted by molar-refractivity contribution is 6.30. The molecule has 1 unspecified atom stereocenters. The maximum Gasteiger partial charge on any atom is 0.130 e. The van der Waals surface area contributed by atoms with Crippen molar-refractivity contribution < 1.29 is 0 Å². The maximum absolute atomic E-state index is 6.17. The third-order valence-corrected chi connectivity index (χ3v) is 3.11. The van der Waals surface area contributed by atoms with Crippen LogP contribution in [0.4, 0.5) is 0 Å². The van der Waals surface area contributed by atoms with Crippen LogP contribution in [0.1, 0.15) is 23.6 Å². The van der Waals surface area contributed by atoms with E-state index >= 15 is 0 Å². The molecule has 0 bridgehead atoms. The molecule has 3 nitrogen and oxygen atoms in total. The van der Waals surface area contributed by atoms with E-state index in [2.05, 4.69) is 10.4 Å². The van der Waals surface area contributed by atoms with Gasteiger partial charge in [-0.2, -0.15) is 5.10 Å². The molecule has 2 rings (SSSR count). The Bertz CT molecular complexity index is 313. The van der Waals surface area contributed by atoms with Gasteiger partial charge in [0.05, 0.1) is 5.69 Å². The van der Waals surface area contributed by atoms with Gasteiger partial charge in [0.15, 0.2) is 0 Å². The van der Waals surface area contributed by atoms with Crippen LogP contribution >= 0.6 is 11.6 Å². The van der Waals surface area contributed by atoms with E-state index in [9.17, 15) is 0 Å². The minimum Gasteiger partial charge on any atom is -0.316 e. The Balaban J connectivity index is 2.37. The molecular formula is C9H14ClN3. The second-order valence-corrected chi connectivity index (χ2v) is 3.96. The number of rotatable bonds is 1. The molecule has 72 valence electrons. The van der Waals surface area contributed by atoms with Gasteiger partial charge in [0, 0.05) is 25.1 Å². The molecule has 1 aliphatic rings. The Morgan fingerprint density at radius 3 is 2.85 bits per heavy atom. The normalized spacial score (nSPS) is 22.5. The van der Waals surface area contributed by atoms with Crippen molar-refractivity contribution in [2.75, 3.05) is 13.1 Å². The highest BCUT2D eigenvalue weighted by atomic mass is 35.5. The van der Waals surface area contributed by atoms with E-state index in [0.717, 1.165) is 23.9 Å². The highest BCUT2D eigenvalue weighted by Gasteiger charge is 2.23. The molecule has 2 heterocycles.